The van der Waals surface area contributed by atoms with Gasteiger partial charge in [-0.15, -0.1) is 0 Å². The molecular weight excluding hydrogens is 156 g/mol. The van der Waals surface area contributed by atoms with E-state index >= 15 is 0 Å². The van der Waals surface area contributed by atoms with Crippen LogP contribution < -0.4 is 0 Å². The molecule has 0 aliphatic carbocycles. The van der Waals surface area contributed by atoms with E-state index in [1.54, 1.807) is 0 Å². The van der Waals surface area contributed by atoms with Crippen LogP contribution in [-0.4, -0.2) is 18.0 Å². The maximum atomic E-state index is 7.18. The van der Waals surface area contributed by atoms with E-state index in [0.717, 1.165) is 13.1 Å². The molecule has 0 aromatic heterocycles. The molecule has 0 atom stereocenters. The van der Waals surface area contributed by atoms with Crippen molar-refractivity contribution in [2.24, 2.45) is 0 Å². The largest absolute Gasteiger partial charge is 0.374 e. The Morgan fingerprint density at radius 1 is 1.64 bits per heavy atom. The molecule has 0 fully saturated rings. The van der Waals surface area contributed by atoms with Gasteiger partial charge in [0.25, 0.3) is 0 Å². The summed E-state index contributed by atoms with van der Waals surface area (Å²) in [5.41, 5.74) is 0. The van der Waals surface area contributed by atoms with Crippen molar-refractivity contribution in [3.63, 3.8) is 0 Å². The van der Waals surface area contributed by atoms with Crippen molar-refractivity contribution >= 4 is 12.6 Å². The van der Waals surface area contributed by atoms with Crippen LogP contribution in [0, 0.1) is 10.7 Å². The van der Waals surface area contributed by atoms with Crippen LogP contribution in [0.1, 0.15) is 6.92 Å². The van der Waals surface area contributed by atoms with Crippen LogP contribution in [0.2, 0.25) is 0 Å². The van der Waals surface area contributed by atoms with Crippen LogP contribution in [0.15, 0.2) is 24.4 Å². The fraction of sp³-hybridized carbons (Fsp3) is 0.375. The van der Waals surface area contributed by atoms with E-state index in [1.165, 1.54) is 5.40 Å². The van der Waals surface area contributed by atoms with Gasteiger partial charge in [0.15, 0.2) is 0 Å². The van der Waals surface area contributed by atoms with Gasteiger partial charge in [0.1, 0.15) is 5.40 Å². The summed E-state index contributed by atoms with van der Waals surface area (Å²) in [5.74, 6) is 0. The van der Waals surface area contributed by atoms with Crippen molar-refractivity contribution in [2.45, 2.75) is 6.92 Å². The number of nitrogens with zero attached hydrogens (tertiary/aromatic N) is 2. The summed E-state index contributed by atoms with van der Waals surface area (Å²) >= 11 is 3.09. The average molecular weight is 168 g/mol. The van der Waals surface area contributed by atoms with E-state index < -0.39 is 0 Å². The number of hydrogen-bond acceptors (Lipinski definition) is 3. The van der Waals surface area contributed by atoms with Crippen LogP contribution in [0.25, 0.3) is 0 Å². The molecule has 0 amide bonds. The standard InChI is InChI=1S/C7H11N.CHNS/c1-2-8-6-4-3-5-7-8;2-1-3/h3-6H,2,7H2,1H3;3H. The minimum absolute atomic E-state index is 1.08. The Morgan fingerprint density at radius 2 is 2.27 bits per heavy atom. The SMILES string of the molecule is CCN1C=CC=CC1.N#CS. The van der Waals surface area contributed by atoms with Gasteiger partial charge in [-0.3, -0.25) is 0 Å². The van der Waals surface area contributed by atoms with E-state index in [-0.39, 0.29) is 0 Å². The lowest BCUT2D eigenvalue weighted by Crippen LogP contribution is -2.17. The monoisotopic (exact) mass is 168 g/mol. The Labute approximate surface area is 73.2 Å². The number of thiocyanates is 1. The summed E-state index contributed by atoms with van der Waals surface area (Å²) in [6.45, 7) is 4.34. The zero-order valence-electron chi connectivity index (χ0n) is 6.57. The molecule has 0 unspecified atom stereocenters. The number of thiol groups is 1. The first kappa shape index (κ1) is 10.1. The zero-order valence-corrected chi connectivity index (χ0v) is 7.46. The molecule has 0 N–H and O–H groups in total. The van der Waals surface area contributed by atoms with Crippen LogP contribution in [0.5, 0.6) is 0 Å². The first-order valence-corrected chi connectivity index (χ1v) is 3.90. The molecule has 60 valence electrons. The molecule has 0 aromatic rings. The second-order valence-corrected chi connectivity index (χ2v) is 2.16. The van der Waals surface area contributed by atoms with E-state index in [9.17, 15) is 0 Å². The highest BCUT2D eigenvalue weighted by atomic mass is 32.1. The zero-order chi connectivity index (χ0) is 8.53. The molecule has 0 bridgehead atoms. The second kappa shape index (κ2) is 7.23. The van der Waals surface area contributed by atoms with Crippen molar-refractivity contribution in [3.8, 4) is 5.40 Å². The predicted molar refractivity (Wildman–Crippen MR) is 50.1 cm³/mol. The Balaban J connectivity index is 0.000000292. The Morgan fingerprint density at radius 3 is 2.55 bits per heavy atom. The summed E-state index contributed by atoms with van der Waals surface area (Å²) in [4.78, 5) is 2.25. The lowest BCUT2D eigenvalue weighted by atomic mass is 10.3. The summed E-state index contributed by atoms with van der Waals surface area (Å²) in [6, 6.07) is 0. The molecule has 2 nitrogen and oxygen atoms in total. The van der Waals surface area contributed by atoms with Gasteiger partial charge >= 0.3 is 0 Å². The van der Waals surface area contributed by atoms with Crippen molar-refractivity contribution in [1.29, 1.82) is 5.26 Å². The van der Waals surface area contributed by atoms with E-state index in [2.05, 4.69) is 48.9 Å². The molecule has 0 aromatic carbocycles. The molecule has 1 aliphatic rings. The van der Waals surface area contributed by atoms with Gasteiger partial charge in [-0.05, 0) is 19.2 Å². The number of nitriles is 1. The molecule has 1 aliphatic heterocycles. The van der Waals surface area contributed by atoms with Crippen molar-refractivity contribution in [3.05, 3.63) is 24.4 Å². The summed E-state index contributed by atoms with van der Waals surface area (Å²) in [7, 11) is 0. The van der Waals surface area contributed by atoms with Gasteiger partial charge in [0, 0.05) is 13.1 Å². The van der Waals surface area contributed by atoms with Crippen molar-refractivity contribution in [2.75, 3.05) is 13.1 Å². The molecule has 11 heavy (non-hydrogen) atoms. The molecule has 3 heteroatoms. The van der Waals surface area contributed by atoms with Gasteiger partial charge < -0.3 is 4.90 Å². The summed E-state index contributed by atoms with van der Waals surface area (Å²) in [6.07, 6.45) is 8.41. The molecule has 1 heterocycles. The van der Waals surface area contributed by atoms with Crippen LogP contribution >= 0.6 is 12.6 Å². The average Bonchev–Trinajstić information content (AvgIpc) is 2.08. The molecule has 0 radical (unpaired) electrons. The van der Waals surface area contributed by atoms with Gasteiger partial charge in [0.2, 0.25) is 0 Å². The lowest BCUT2D eigenvalue weighted by Gasteiger charge is -2.16. The third-order valence-corrected chi connectivity index (χ3v) is 1.29. The fourth-order valence-electron chi connectivity index (χ4n) is 0.742. The van der Waals surface area contributed by atoms with Gasteiger partial charge in [-0.2, -0.15) is 5.26 Å². The number of rotatable bonds is 1. The smallest absolute Gasteiger partial charge is 0.130 e. The van der Waals surface area contributed by atoms with Crippen molar-refractivity contribution in [1.82, 2.24) is 4.90 Å². The number of hydrogen-bond donors (Lipinski definition) is 1. The maximum Gasteiger partial charge on any atom is 0.130 e. The minimum Gasteiger partial charge on any atom is -0.374 e. The molecule has 0 spiro atoms. The van der Waals surface area contributed by atoms with E-state index in [4.69, 9.17) is 5.26 Å². The molecular formula is C8H12N2S. The third kappa shape index (κ3) is 5.56. The second-order valence-electron chi connectivity index (χ2n) is 1.96. The summed E-state index contributed by atoms with van der Waals surface area (Å²) in [5, 5.41) is 8.63. The Bertz CT molecular complexity index is 179. The first-order chi connectivity index (χ1) is 5.35. The Kier molecular flexibility index (Phi) is 6.65. The van der Waals surface area contributed by atoms with Crippen LogP contribution in [0.4, 0.5) is 0 Å². The lowest BCUT2D eigenvalue weighted by molar-refractivity contribution is 0.436. The molecule has 0 saturated heterocycles. The number of likely N-dealkylation sites (N-methyl/N-ethyl adjacent to an activating group) is 1. The highest BCUT2D eigenvalue weighted by Crippen LogP contribution is 1.95. The highest BCUT2D eigenvalue weighted by Gasteiger charge is 1.91. The topological polar surface area (TPSA) is 27.0 Å². The third-order valence-electron chi connectivity index (χ3n) is 1.29. The minimum atomic E-state index is 1.08. The molecule has 0 saturated carbocycles. The van der Waals surface area contributed by atoms with E-state index in [0.29, 0.717) is 0 Å². The normalized spacial score (nSPS) is 13.4. The summed E-state index contributed by atoms with van der Waals surface area (Å²) < 4.78 is 0. The van der Waals surface area contributed by atoms with Gasteiger partial charge in [0.05, 0.1) is 0 Å². The highest BCUT2D eigenvalue weighted by molar-refractivity contribution is 7.85. The van der Waals surface area contributed by atoms with Crippen LogP contribution in [-0.2, 0) is 0 Å². The maximum absolute atomic E-state index is 7.18. The van der Waals surface area contributed by atoms with Gasteiger partial charge in [-0.25, -0.2) is 0 Å². The van der Waals surface area contributed by atoms with Crippen LogP contribution in [0.3, 0.4) is 0 Å². The van der Waals surface area contributed by atoms with Crippen molar-refractivity contribution < 1.29 is 0 Å². The Hall–Kier alpha value is -0.880. The predicted octanol–water partition coefficient (Wildman–Crippen LogP) is 1.79. The molecule has 1 rings (SSSR count). The first-order valence-electron chi connectivity index (χ1n) is 3.45. The van der Waals surface area contributed by atoms with Gasteiger partial charge in [-0.1, -0.05) is 24.8 Å². The quantitative estimate of drug-likeness (QED) is 0.477. The number of allylic oxidation sites excluding steroid dienone is 2. The fourth-order valence-corrected chi connectivity index (χ4v) is 0.742. The van der Waals surface area contributed by atoms with E-state index in [1.807, 2.05) is 0 Å².